The lowest BCUT2D eigenvalue weighted by molar-refractivity contribution is 0.0849. The summed E-state index contributed by atoms with van der Waals surface area (Å²) in [6.45, 7) is 0. The van der Waals surface area contributed by atoms with Crippen molar-refractivity contribution < 1.29 is 13.9 Å². The zero-order valence-electron chi connectivity index (χ0n) is 9.76. The number of hydrogen-bond acceptors (Lipinski definition) is 3. The zero-order chi connectivity index (χ0) is 12.7. The van der Waals surface area contributed by atoms with Gasteiger partial charge in [0.2, 0.25) is 0 Å². The molecule has 1 aliphatic heterocycles. The van der Waals surface area contributed by atoms with E-state index >= 15 is 0 Å². The standard InChI is InChI=1S/C13H11FN2O2/c1-16-7-8(6-15-16)13-5-11(17)10-4-9(14)2-3-12(10)18-13/h2-4,6-7,13H,5H2,1H3. The van der Waals surface area contributed by atoms with Crippen molar-refractivity contribution in [3.05, 3.63) is 47.5 Å². The molecule has 2 heterocycles. The number of hydrogen-bond donors (Lipinski definition) is 0. The third-order valence-electron chi connectivity index (χ3n) is 2.98. The molecule has 0 radical (unpaired) electrons. The molecule has 0 amide bonds. The molecule has 0 N–H and O–H groups in total. The molecule has 0 saturated carbocycles. The number of carbonyl (C=O) groups is 1. The van der Waals surface area contributed by atoms with E-state index in [1.165, 1.54) is 18.2 Å². The van der Waals surface area contributed by atoms with E-state index in [4.69, 9.17) is 4.74 Å². The number of ether oxygens (including phenoxy) is 1. The molecule has 1 aromatic carbocycles. The minimum atomic E-state index is -0.425. The molecule has 1 atom stereocenters. The first kappa shape index (κ1) is 11.0. The van der Waals surface area contributed by atoms with Gasteiger partial charge in [0, 0.05) is 18.8 Å². The van der Waals surface area contributed by atoms with Crippen LogP contribution in [0.4, 0.5) is 4.39 Å². The molecule has 0 aliphatic carbocycles. The number of ketones is 1. The van der Waals surface area contributed by atoms with E-state index in [0.29, 0.717) is 11.3 Å². The zero-order valence-corrected chi connectivity index (χ0v) is 9.76. The van der Waals surface area contributed by atoms with Gasteiger partial charge in [-0.3, -0.25) is 9.48 Å². The Kier molecular flexibility index (Phi) is 2.40. The van der Waals surface area contributed by atoms with Crippen LogP contribution in [0, 0.1) is 5.82 Å². The van der Waals surface area contributed by atoms with Crippen LogP contribution in [-0.4, -0.2) is 15.6 Å². The minimum Gasteiger partial charge on any atom is -0.484 e. The largest absolute Gasteiger partial charge is 0.484 e. The SMILES string of the molecule is Cn1cc(C2CC(=O)c3cc(F)ccc3O2)cn1. The fourth-order valence-corrected chi connectivity index (χ4v) is 2.09. The van der Waals surface area contributed by atoms with Gasteiger partial charge in [0.05, 0.1) is 18.2 Å². The highest BCUT2D eigenvalue weighted by Crippen LogP contribution is 2.34. The van der Waals surface area contributed by atoms with Crippen LogP contribution in [0.1, 0.15) is 28.4 Å². The van der Waals surface area contributed by atoms with Gasteiger partial charge in [0.1, 0.15) is 17.7 Å². The molecule has 0 spiro atoms. The highest BCUT2D eigenvalue weighted by Gasteiger charge is 2.28. The second kappa shape index (κ2) is 3.94. The number of Topliss-reactive ketones (excluding diaryl/α,β-unsaturated/α-hetero) is 1. The second-order valence-electron chi connectivity index (χ2n) is 4.32. The fraction of sp³-hybridized carbons (Fsp3) is 0.231. The number of fused-ring (bicyclic) bond motifs is 1. The van der Waals surface area contributed by atoms with Crippen molar-refractivity contribution in [2.75, 3.05) is 0 Å². The number of carbonyl (C=O) groups excluding carboxylic acids is 1. The van der Waals surface area contributed by atoms with E-state index in [1.807, 2.05) is 6.20 Å². The van der Waals surface area contributed by atoms with Crippen molar-refractivity contribution in [3.63, 3.8) is 0 Å². The van der Waals surface area contributed by atoms with E-state index in [0.717, 1.165) is 5.56 Å². The summed E-state index contributed by atoms with van der Waals surface area (Å²) in [5, 5.41) is 4.05. The van der Waals surface area contributed by atoms with Gasteiger partial charge in [-0.25, -0.2) is 4.39 Å². The lowest BCUT2D eigenvalue weighted by atomic mass is 9.98. The van der Waals surface area contributed by atoms with Crippen LogP contribution in [0.3, 0.4) is 0 Å². The molecule has 0 fully saturated rings. The summed E-state index contributed by atoms with van der Waals surface area (Å²) in [7, 11) is 1.80. The first-order chi connectivity index (χ1) is 8.63. The quantitative estimate of drug-likeness (QED) is 0.775. The number of halogens is 1. The fourth-order valence-electron chi connectivity index (χ4n) is 2.09. The summed E-state index contributed by atoms with van der Waals surface area (Å²) >= 11 is 0. The van der Waals surface area contributed by atoms with Crippen LogP contribution in [0.2, 0.25) is 0 Å². The van der Waals surface area contributed by atoms with Gasteiger partial charge in [0.15, 0.2) is 5.78 Å². The normalized spacial score (nSPS) is 18.3. The molecule has 0 saturated heterocycles. The Hall–Kier alpha value is -2.17. The number of benzene rings is 1. The van der Waals surface area contributed by atoms with Gasteiger partial charge in [-0.2, -0.15) is 5.10 Å². The summed E-state index contributed by atoms with van der Waals surface area (Å²) < 4.78 is 20.4. The lowest BCUT2D eigenvalue weighted by Gasteiger charge is -2.24. The van der Waals surface area contributed by atoms with E-state index in [-0.39, 0.29) is 18.3 Å². The molecule has 3 rings (SSSR count). The van der Waals surface area contributed by atoms with Crippen LogP contribution >= 0.6 is 0 Å². The Morgan fingerprint density at radius 3 is 3.06 bits per heavy atom. The molecule has 1 aliphatic rings. The average molecular weight is 246 g/mol. The Labute approximate surface area is 103 Å². The summed E-state index contributed by atoms with van der Waals surface area (Å²) in [5.41, 5.74) is 1.16. The minimum absolute atomic E-state index is 0.107. The molecule has 4 nitrogen and oxygen atoms in total. The Bertz CT molecular complexity index is 621. The molecular formula is C13H11FN2O2. The van der Waals surface area contributed by atoms with Gasteiger partial charge < -0.3 is 4.74 Å². The van der Waals surface area contributed by atoms with Crippen molar-refractivity contribution >= 4 is 5.78 Å². The van der Waals surface area contributed by atoms with Crippen molar-refractivity contribution in [3.8, 4) is 5.75 Å². The predicted octanol–water partition coefficient (Wildman–Crippen LogP) is 2.27. The maximum absolute atomic E-state index is 13.1. The Morgan fingerprint density at radius 2 is 2.33 bits per heavy atom. The second-order valence-corrected chi connectivity index (χ2v) is 4.32. The predicted molar refractivity (Wildman–Crippen MR) is 61.9 cm³/mol. The van der Waals surface area contributed by atoms with Gasteiger partial charge in [-0.1, -0.05) is 0 Å². The molecule has 1 unspecified atom stereocenters. The highest BCUT2D eigenvalue weighted by atomic mass is 19.1. The topological polar surface area (TPSA) is 44.1 Å². The third kappa shape index (κ3) is 1.77. The molecule has 1 aromatic heterocycles. The number of aryl methyl sites for hydroxylation is 1. The van der Waals surface area contributed by atoms with E-state index in [2.05, 4.69) is 5.10 Å². The molecular weight excluding hydrogens is 235 g/mol. The Morgan fingerprint density at radius 1 is 1.50 bits per heavy atom. The van der Waals surface area contributed by atoms with Crippen molar-refractivity contribution in [1.82, 2.24) is 9.78 Å². The van der Waals surface area contributed by atoms with Crippen molar-refractivity contribution in [2.45, 2.75) is 12.5 Å². The van der Waals surface area contributed by atoms with Crippen molar-refractivity contribution in [2.24, 2.45) is 7.05 Å². The van der Waals surface area contributed by atoms with Gasteiger partial charge in [-0.05, 0) is 18.2 Å². The average Bonchev–Trinajstić information content (AvgIpc) is 2.77. The molecule has 0 bridgehead atoms. The molecule has 2 aromatic rings. The smallest absolute Gasteiger partial charge is 0.170 e. The monoisotopic (exact) mass is 246 g/mol. The van der Waals surface area contributed by atoms with Crippen LogP contribution < -0.4 is 4.74 Å². The van der Waals surface area contributed by atoms with Gasteiger partial charge >= 0.3 is 0 Å². The van der Waals surface area contributed by atoms with E-state index in [1.54, 1.807) is 17.9 Å². The maximum Gasteiger partial charge on any atom is 0.170 e. The number of rotatable bonds is 1. The summed E-state index contributed by atoms with van der Waals surface area (Å²) in [5.74, 6) is -0.100. The molecule has 18 heavy (non-hydrogen) atoms. The van der Waals surface area contributed by atoms with E-state index < -0.39 is 5.82 Å². The molecule has 92 valence electrons. The Balaban J connectivity index is 1.96. The highest BCUT2D eigenvalue weighted by molar-refractivity contribution is 6.00. The first-order valence-corrected chi connectivity index (χ1v) is 5.61. The van der Waals surface area contributed by atoms with Gasteiger partial charge in [-0.15, -0.1) is 0 Å². The first-order valence-electron chi connectivity index (χ1n) is 5.61. The number of nitrogens with zero attached hydrogens (tertiary/aromatic N) is 2. The summed E-state index contributed by atoms with van der Waals surface area (Å²) in [4.78, 5) is 12.0. The van der Waals surface area contributed by atoms with Crippen LogP contribution in [0.15, 0.2) is 30.6 Å². The third-order valence-corrected chi connectivity index (χ3v) is 2.98. The number of aromatic nitrogens is 2. The summed E-state index contributed by atoms with van der Waals surface area (Å²) in [6.07, 6.45) is 3.35. The van der Waals surface area contributed by atoms with Crippen LogP contribution in [0.5, 0.6) is 5.75 Å². The lowest BCUT2D eigenvalue weighted by Crippen LogP contribution is -2.20. The van der Waals surface area contributed by atoms with Crippen LogP contribution in [0.25, 0.3) is 0 Å². The maximum atomic E-state index is 13.1. The van der Waals surface area contributed by atoms with Crippen molar-refractivity contribution in [1.29, 1.82) is 0 Å². The van der Waals surface area contributed by atoms with Crippen LogP contribution in [-0.2, 0) is 7.05 Å². The van der Waals surface area contributed by atoms with E-state index in [9.17, 15) is 9.18 Å². The summed E-state index contributed by atoms with van der Waals surface area (Å²) in [6, 6.07) is 4.00. The van der Waals surface area contributed by atoms with Gasteiger partial charge in [0.25, 0.3) is 0 Å². The molecule has 5 heteroatoms.